The summed E-state index contributed by atoms with van der Waals surface area (Å²) in [7, 11) is 0. The lowest BCUT2D eigenvalue weighted by Gasteiger charge is -2.38. The summed E-state index contributed by atoms with van der Waals surface area (Å²) in [5.74, 6) is 0.680. The van der Waals surface area contributed by atoms with Gasteiger partial charge in [-0.2, -0.15) is 0 Å². The Balaban J connectivity index is 0.00000156. The minimum Gasteiger partial charge on any atom is -0.364 e. The van der Waals surface area contributed by atoms with E-state index in [-0.39, 0.29) is 25.4 Å². The van der Waals surface area contributed by atoms with Gasteiger partial charge in [0.25, 0.3) is 0 Å². The van der Waals surface area contributed by atoms with Gasteiger partial charge in [-0.3, -0.25) is 10.9 Å². The average Bonchev–Trinajstić information content (AvgIpc) is 3.09. The molecule has 1 aliphatic heterocycles. The number of hydrazine groups is 1. The van der Waals surface area contributed by atoms with Crippen LogP contribution in [0.25, 0.3) is 0 Å². The van der Waals surface area contributed by atoms with Crippen molar-refractivity contribution in [1.29, 1.82) is 0 Å². The summed E-state index contributed by atoms with van der Waals surface area (Å²) < 4.78 is 0. The lowest BCUT2D eigenvalue weighted by atomic mass is 10.1. The molecule has 0 atom stereocenters. The van der Waals surface area contributed by atoms with Crippen LogP contribution in [0.15, 0.2) is 55.9 Å². The fourth-order valence-corrected chi connectivity index (χ4v) is 2.76. The van der Waals surface area contributed by atoms with Gasteiger partial charge in [0, 0.05) is 40.0 Å². The van der Waals surface area contributed by atoms with Crippen LogP contribution in [0, 0.1) is 0 Å². The molecule has 0 amide bonds. The number of hydrogen-bond acceptors (Lipinski definition) is 5. The van der Waals surface area contributed by atoms with Crippen molar-refractivity contribution in [2.75, 3.05) is 46.8 Å². The van der Waals surface area contributed by atoms with Crippen LogP contribution in [-0.4, -0.2) is 36.1 Å². The number of benzene rings is 1. The maximum Gasteiger partial charge on any atom is 0.219 e. The van der Waals surface area contributed by atoms with Gasteiger partial charge in [-0.15, -0.1) is 37.1 Å². The average molecular weight is 440 g/mol. The van der Waals surface area contributed by atoms with E-state index >= 15 is 0 Å². The van der Waals surface area contributed by atoms with Crippen molar-refractivity contribution in [1.82, 2.24) is 9.97 Å². The van der Waals surface area contributed by atoms with E-state index in [2.05, 4.69) is 62.0 Å². The van der Waals surface area contributed by atoms with E-state index in [1.54, 1.807) is 12.4 Å². The minimum absolute atomic E-state index is 0. The zero-order valence-electron chi connectivity index (χ0n) is 13.5. The Labute approximate surface area is 161 Å². The molecule has 1 aromatic heterocycles. The first-order valence-corrected chi connectivity index (χ1v) is 7.69. The van der Waals surface area contributed by atoms with Crippen molar-refractivity contribution < 1.29 is 1.43 Å². The van der Waals surface area contributed by atoms with Crippen LogP contribution in [-0.2, 0) is 0 Å². The van der Waals surface area contributed by atoms with Crippen LogP contribution in [0.1, 0.15) is 1.43 Å². The SMILES string of the molecule is C=CCN1CCN(CC=C)c2cc(NNc3ncc[nH]3)ccc21.I.[HH]. The maximum atomic E-state index is 4.13. The van der Waals surface area contributed by atoms with Crippen molar-refractivity contribution in [3.63, 3.8) is 0 Å². The highest BCUT2D eigenvalue weighted by Gasteiger charge is 2.21. The summed E-state index contributed by atoms with van der Waals surface area (Å²) in [6, 6.07) is 6.34. The van der Waals surface area contributed by atoms with E-state index in [0.717, 1.165) is 31.9 Å². The normalized spacial score (nSPS) is 12.8. The molecule has 2 heterocycles. The quantitative estimate of drug-likeness (QED) is 0.348. The van der Waals surface area contributed by atoms with Gasteiger partial charge in [-0.05, 0) is 18.2 Å². The van der Waals surface area contributed by atoms with Gasteiger partial charge < -0.3 is 14.8 Å². The third-order valence-corrected chi connectivity index (χ3v) is 3.82. The third-order valence-electron chi connectivity index (χ3n) is 3.82. The van der Waals surface area contributed by atoms with E-state index in [9.17, 15) is 0 Å². The zero-order valence-corrected chi connectivity index (χ0v) is 15.9. The van der Waals surface area contributed by atoms with Crippen molar-refractivity contribution >= 4 is 47.0 Å². The summed E-state index contributed by atoms with van der Waals surface area (Å²) in [4.78, 5) is 11.8. The van der Waals surface area contributed by atoms with Crippen molar-refractivity contribution in [2.45, 2.75) is 0 Å². The first-order valence-electron chi connectivity index (χ1n) is 7.69. The molecular formula is C17H25IN6. The number of imidazole rings is 1. The molecule has 0 unspecified atom stereocenters. The highest BCUT2D eigenvalue weighted by molar-refractivity contribution is 14.0. The van der Waals surface area contributed by atoms with E-state index in [1.807, 2.05) is 12.2 Å². The van der Waals surface area contributed by atoms with Crippen LogP contribution in [0.4, 0.5) is 23.0 Å². The van der Waals surface area contributed by atoms with Crippen LogP contribution in [0.5, 0.6) is 0 Å². The molecule has 7 heteroatoms. The van der Waals surface area contributed by atoms with Gasteiger partial charge in [0.2, 0.25) is 5.95 Å². The molecule has 0 fully saturated rings. The number of hydrogen-bond donors (Lipinski definition) is 3. The lowest BCUT2D eigenvalue weighted by molar-refractivity contribution is 0.751. The highest BCUT2D eigenvalue weighted by atomic mass is 127. The van der Waals surface area contributed by atoms with E-state index in [0.29, 0.717) is 5.95 Å². The fourth-order valence-electron chi connectivity index (χ4n) is 2.76. The molecule has 0 aliphatic carbocycles. The first-order chi connectivity index (χ1) is 11.3. The molecule has 3 rings (SSSR count). The molecule has 1 aromatic carbocycles. The molecule has 3 N–H and O–H groups in total. The second kappa shape index (κ2) is 8.62. The first kappa shape index (κ1) is 18.2. The standard InChI is InChI=1S/C17H22N6.HI.H2/c1-3-9-22-11-12-23(10-4-2)16-13-14(5-6-15(16)22)20-21-17-18-7-8-19-17;;/h3-8,13,20H,1-2,9-12H2,(H2,18,19,21);2*1H. The van der Waals surface area contributed by atoms with Crippen molar-refractivity contribution in [2.24, 2.45) is 0 Å². The fraction of sp³-hybridized carbons (Fsp3) is 0.235. The van der Waals surface area contributed by atoms with Gasteiger partial charge in [0.15, 0.2) is 0 Å². The van der Waals surface area contributed by atoms with Crippen LogP contribution in [0.3, 0.4) is 0 Å². The third kappa shape index (κ3) is 4.02. The summed E-state index contributed by atoms with van der Waals surface area (Å²) in [6.07, 6.45) is 7.36. The number of nitrogens with one attached hydrogen (secondary N) is 3. The van der Waals surface area contributed by atoms with E-state index in [1.165, 1.54) is 11.4 Å². The van der Waals surface area contributed by atoms with Crippen molar-refractivity contribution in [3.05, 3.63) is 55.9 Å². The second-order valence-electron chi connectivity index (χ2n) is 5.36. The Morgan fingerprint density at radius 1 is 1.12 bits per heavy atom. The number of anilines is 4. The van der Waals surface area contributed by atoms with Crippen LogP contribution < -0.4 is 20.7 Å². The Kier molecular flexibility index (Phi) is 6.53. The zero-order chi connectivity index (χ0) is 16.1. The maximum absolute atomic E-state index is 4.13. The Morgan fingerprint density at radius 3 is 2.46 bits per heavy atom. The smallest absolute Gasteiger partial charge is 0.219 e. The molecule has 6 nitrogen and oxygen atoms in total. The molecule has 24 heavy (non-hydrogen) atoms. The summed E-state index contributed by atoms with van der Waals surface area (Å²) in [5, 5.41) is 0. The lowest BCUT2D eigenvalue weighted by Crippen LogP contribution is -2.41. The summed E-state index contributed by atoms with van der Waals surface area (Å²) >= 11 is 0. The van der Waals surface area contributed by atoms with Gasteiger partial charge in [0.05, 0.1) is 17.1 Å². The summed E-state index contributed by atoms with van der Waals surface area (Å²) in [5.41, 5.74) is 9.62. The number of fused-ring (bicyclic) bond motifs is 1. The molecule has 0 radical (unpaired) electrons. The monoisotopic (exact) mass is 440 g/mol. The second-order valence-corrected chi connectivity index (χ2v) is 5.36. The molecular weight excluding hydrogens is 415 g/mol. The molecule has 2 aromatic rings. The molecule has 0 saturated carbocycles. The molecule has 0 saturated heterocycles. The van der Waals surface area contributed by atoms with Crippen LogP contribution in [0.2, 0.25) is 0 Å². The predicted molar refractivity (Wildman–Crippen MR) is 115 cm³/mol. The van der Waals surface area contributed by atoms with Gasteiger partial charge in [-0.25, -0.2) is 4.98 Å². The number of rotatable bonds is 7. The van der Waals surface area contributed by atoms with Crippen molar-refractivity contribution in [3.8, 4) is 0 Å². The number of nitrogens with zero attached hydrogens (tertiary/aromatic N) is 3. The Hall–Kier alpha value is -2.16. The van der Waals surface area contributed by atoms with Crippen LogP contribution >= 0.6 is 24.0 Å². The minimum atomic E-state index is 0. The Morgan fingerprint density at radius 2 is 1.83 bits per heavy atom. The van der Waals surface area contributed by atoms with E-state index < -0.39 is 0 Å². The van der Waals surface area contributed by atoms with Gasteiger partial charge in [0.1, 0.15) is 0 Å². The molecule has 130 valence electrons. The van der Waals surface area contributed by atoms with Gasteiger partial charge >= 0.3 is 0 Å². The van der Waals surface area contributed by atoms with E-state index in [4.69, 9.17) is 0 Å². The Bertz CT molecular complexity index is 676. The predicted octanol–water partition coefficient (Wildman–Crippen LogP) is 3.71. The number of aromatic amines is 1. The highest BCUT2D eigenvalue weighted by Crippen LogP contribution is 2.35. The molecule has 1 aliphatic rings. The van der Waals surface area contributed by atoms with Gasteiger partial charge in [-0.1, -0.05) is 12.2 Å². The number of aromatic nitrogens is 2. The number of halogens is 1. The number of H-pyrrole nitrogens is 1. The molecule has 0 spiro atoms. The molecule has 0 bridgehead atoms. The largest absolute Gasteiger partial charge is 0.364 e. The topological polar surface area (TPSA) is 59.2 Å². The summed E-state index contributed by atoms with van der Waals surface area (Å²) in [6.45, 7) is 11.4.